The molecule has 0 spiro atoms. The number of hydrogen-bond donors (Lipinski definition) is 0. The van der Waals surface area contributed by atoms with Gasteiger partial charge in [-0.05, 0) is 88.4 Å². The van der Waals surface area contributed by atoms with Crippen molar-refractivity contribution >= 4 is 5.97 Å². The molecule has 3 rings (SSSR count). The summed E-state index contributed by atoms with van der Waals surface area (Å²) in [4.78, 5) is 12.8. The van der Waals surface area contributed by atoms with Gasteiger partial charge in [0.25, 0.3) is 0 Å². The summed E-state index contributed by atoms with van der Waals surface area (Å²) in [6.07, 6.45) is 21.3. The molecule has 3 heteroatoms. The number of carbonyl (C=O) groups is 1. The highest BCUT2D eigenvalue weighted by molar-refractivity contribution is 5.72. The lowest BCUT2D eigenvalue weighted by molar-refractivity contribution is -0.158. The maximum absolute atomic E-state index is 12.8. The number of hydrogen-bond acceptors (Lipinski definition) is 3. The van der Waals surface area contributed by atoms with Gasteiger partial charge >= 0.3 is 5.97 Å². The second-order valence-corrected chi connectivity index (χ2v) is 11.2. The fraction of sp³-hybridized carbons (Fsp3) is 0.929. The molecule has 3 aliphatic rings. The van der Waals surface area contributed by atoms with Crippen LogP contribution in [0.5, 0.6) is 0 Å². The number of ether oxygens (including phenoxy) is 1. The van der Waals surface area contributed by atoms with E-state index in [0.29, 0.717) is 0 Å². The van der Waals surface area contributed by atoms with Crippen molar-refractivity contribution in [1.82, 2.24) is 0 Å². The quantitative estimate of drug-likeness (QED) is 0.349. The molecule has 0 unspecified atom stereocenters. The average molecular weight is 430 g/mol. The zero-order chi connectivity index (χ0) is 22.1. The SMILES string of the molecule is CCCCC1CCC(C2CCC(C(=O)OC3CCC(C#N)(CCCC)CC3)CC2)CC1. The molecule has 3 nitrogen and oxygen atoms in total. The molecular weight excluding hydrogens is 382 g/mol. The standard InChI is InChI=1S/C28H47NO2/c1-3-5-7-22-8-10-23(11-9-22)24-12-14-25(15-13-24)27(30)31-26-16-19-28(21-29,20-17-26)18-6-4-2/h22-26H,3-20H2,1-2H3. The van der Waals surface area contributed by atoms with E-state index < -0.39 is 0 Å². The van der Waals surface area contributed by atoms with Crippen LogP contribution in [0.25, 0.3) is 0 Å². The van der Waals surface area contributed by atoms with Gasteiger partial charge in [-0.3, -0.25) is 4.79 Å². The zero-order valence-corrected chi connectivity index (χ0v) is 20.4. The topological polar surface area (TPSA) is 50.1 Å². The van der Waals surface area contributed by atoms with Gasteiger partial charge in [-0.2, -0.15) is 5.26 Å². The summed E-state index contributed by atoms with van der Waals surface area (Å²) >= 11 is 0. The summed E-state index contributed by atoms with van der Waals surface area (Å²) in [5, 5.41) is 9.67. The molecule has 0 N–H and O–H groups in total. The maximum atomic E-state index is 12.8. The first-order chi connectivity index (χ1) is 15.1. The molecule has 0 radical (unpaired) electrons. The normalized spacial score (nSPS) is 36.5. The summed E-state index contributed by atoms with van der Waals surface area (Å²) in [5.41, 5.74) is -0.160. The molecule has 176 valence electrons. The minimum absolute atomic E-state index is 0.0479. The first-order valence-electron chi connectivity index (χ1n) is 13.7. The Morgan fingerprint density at radius 3 is 2.00 bits per heavy atom. The molecule has 3 fully saturated rings. The Morgan fingerprint density at radius 2 is 1.45 bits per heavy atom. The number of rotatable bonds is 9. The number of nitrogens with zero attached hydrogens (tertiary/aromatic N) is 1. The Bertz CT molecular complexity index is 570. The van der Waals surface area contributed by atoms with E-state index in [2.05, 4.69) is 19.9 Å². The van der Waals surface area contributed by atoms with Crippen molar-refractivity contribution in [2.45, 2.75) is 136 Å². The third kappa shape index (κ3) is 6.97. The number of esters is 1. The van der Waals surface area contributed by atoms with E-state index in [0.717, 1.165) is 75.5 Å². The Labute approximate surface area is 191 Å². The lowest BCUT2D eigenvalue weighted by atomic mass is 9.68. The largest absolute Gasteiger partial charge is 0.462 e. The van der Waals surface area contributed by atoms with E-state index in [4.69, 9.17) is 4.74 Å². The van der Waals surface area contributed by atoms with E-state index in [-0.39, 0.29) is 23.4 Å². The van der Waals surface area contributed by atoms with Gasteiger partial charge in [0.15, 0.2) is 0 Å². The van der Waals surface area contributed by atoms with Crippen LogP contribution in [0, 0.1) is 40.4 Å². The highest BCUT2D eigenvalue weighted by Gasteiger charge is 2.38. The number of carbonyl (C=O) groups excluding carboxylic acids is 1. The Balaban J connectivity index is 1.35. The van der Waals surface area contributed by atoms with Gasteiger partial charge in [0.05, 0.1) is 17.4 Å². The van der Waals surface area contributed by atoms with Crippen LogP contribution in [0.1, 0.15) is 129 Å². The van der Waals surface area contributed by atoms with Crippen molar-refractivity contribution in [1.29, 1.82) is 5.26 Å². The van der Waals surface area contributed by atoms with Crippen LogP contribution in [0.4, 0.5) is 0 Å². The first kappa shape index (κ1) is 24.6. The third-order valence-electron chi connectivity index (χ3n) is 9.05. The van der Waals surface area contributed by atoms with Crippen LogP contribution in [0.15, 0.2) is 0 Å². The van der Waals surface area contributed by atoms with Crippen molar-refractivity contribution < 1.29 is 9.53 Å². The molecule has 0 amide bonds. The van der Waals surface area contributed by atoms with Gasteiger partial charge in [-0.25, -0.2) is 0 Å². The second kappa shape index (κ2) is 12.3. The monoisotopic (exact) mass is 429 g/mol. The van der Waals surface area contributed by atoms with Crippen LogP contribution < -0.4 is 0 Å². The molecule has 3 aliphatic carbocycles. The van der Waals surface area contributed by atoms with Crippen LogP contribution in [-0.2, 0) is 9.53 Å². The molecule has 0 aromatic carbocycles. The van der Waals surface area contributed by atoms with Crippen molar-refractivity contribution in [3.63, 3.8) is 0 Å². The summed E-state index contributed by atoms with van der Waals surface area (Å²) in [5.74, 6) is 2.93. The van der Waals surface area contributed by atoms with Crippen molar-refractivity contribution in [3.8, 4) is 6.07 Å². The van der Waals surface area contributed by atoms with Crippen molar-refractivity contribution in [3.05, 3.63) is 0 Å². The first-order valence-corrected chi connectivity index (χ1v) is 13.7. The minimum atomic E-state index is -0.160. The van der Waals surface area contributed by atoms with E-state index >= 15 is 0 Å². The Hall–Kier alpha value is -1.04. The van der Waals surface area contributed by atoms with Gasteiger partial charge in [-0.15, -0.1) is 0 Å². The lowest BCUT2D eigenvalue weighted by Crippen LogP contribution is -2.34. The lowest BCUT2D eigenvalue weighted by Gasteiger charge is -2.38. The Kier molecular flexibility index (Phi) is 9.73. The van der Waals surface area contributed by atoms with E-state index in [1.165, 1.54) is 57.8 Å². The molecule has 31 heavy (non-hydrogen) atoms. The predicted octanol–water partition coefficient (Wildman–Crippen LogP) is 7.98. The van der Waals surface area contributed by atoms with Crippen molar-refractivity contribution in [2.75, 3.05) is 0 Å². The molecule has 0 aromatic rings. The highest BCUT2D eigenvalue weighted by Crippen LogP contribution is 2.44. The van der Waals surface area contributed by atoms with Crippen LogP contribution in [-0.4, -0.2) is 12.1 Å². The van der Waals surface area contributed by atoms with E-state index in [1.807, 2.05) is 0 Å². The third-order valence-corrected chi connectivity index (χ3v) is 9.05. The van der Waals surface area contributed by atoms with E-state index in [1.54, 1.807) is 0 Å². The van der Waals surface area contributed by atoms with Crippen LogP contribution >= 0.6 is 0 Å². The van der Waals surface area contributed by atoms with Crippen LogP contribution in [0.3, 0.4) is 0 Å². The average Bonchev–Trinajstić information content (AvgIpc) is 2.83. The molecule has 0 aliphatic heterocycles. The van der Waals surface area contributed by atoms with Gasteiger partial charge in [0.2, 0.25) is 0 Å². The van der Waals surface area contributed by atoms with Gasteiger partial charge < -0.3 is 4.74 Å². The maximum Gasteiger partial charge on any atom is 0.309 e. The smallest absolute Gasteiger partial charge is 0.309 e. The van der Waals surface area contributed by atoms with Gasteiger partial charge in [-0.1, -0.05) is 58.8 Å². The number of unbranched alkanes of at least 4 members (excludes halogenated alkanes) is 2. The molecule has 0 aromatic heterocycles. The molecular formula is C28H47NO2. The van der Waals surface area contributed by atoms with Gasteiger partial charge in [0, 0.05) is 0 Å². The molecule has 0 saturated heterocycles. The zero-order valence-electron chi connectivity index (χ0n) is 20.4. The molecule has 0 bridgehead atoms. The molecule has 0 atom stereocenters. The highest BCUT2D eigenvalue weighted by atomic mass is 16.5. The van der Waals surface area contributed by atoms with E-state index in [9.17, 15) is 10.1 Å². The Morgan fingerprint density at radius 1 is 0.871 bits per heavy atom. The van der Waals surface area contributed by atoms with Crippen LogP contribution in [0.2, 0.25) is 0 Å². The minimum Gasteiger partial charge on any atom is -0.462 e. The van der Waals surface area contributed by atoms with Crippen molar-refractivity contribution in [2.24, 2.45) is 29.1 Å². The molecule has 0 heterocycles. The van der Waals surface area contributed by atoms with Gasteiger partial charge in [0.1, 0.15) is 6.10 Å². The fourth-order valence-corrected chi connectivity index (χ4v) is 6.72. The number of nitriles is 1. The summed E-state index contributed by atoms with van der Waals surface area (Å²) < 4.78 is 5.96. The molecule has 3 saturated carbocycles. The summed E-state index contributed by atoms with van der Waals surface area (Å²) in [6.45, 7) is 4.49. The summed E-state index contributed by atoms with van der Waals surface area (Å²) in [6, 6.07) is 2.60. The second-order valence-electron chi connectivity index (χ2n) is 11.2. The summed E-state index contributed by atoms with van der Waals surface area (Å²) in [7, 11) is 0. The predicted molar refractivity (Wildman–Crippen MR) is 126 cm³/mol. The fourth-order valence-electron chi connectivity index (χ4n) is 6.72.